The lowest BCUT2D eigenvalue weighted by Crippen LogP contribution is -2.48. The minimum atomic E-state index is -0.955. The van der Waals surface area contributed by atoms with E-state index in [4.69, 9.17) is 5.11 Å². The standard InChI is InChI=1S/C16H20N2O3/c1-11-8-13-4-2-3-5-14(13)18(11)16(21)17(10-15(19)20)9-12-6-7-12/h2-5,11-12H,6-10H2,1H3,(H,19,20). The number of fused-ring (bicyclic) bond motifs is 1. The van der Waals surface area contributed by atoms with Crippen molar-refractivity contribution in [3.63, 3.8) is 0 Å². The zero-order valence-corrected chi connectivity index (χ0v) is 12.2. The summed E-state index contributed by atoms with van der Waals surface area (Å²) < 4.78 is 0. The first-order valence-corrected chi connectivity index (χ1v) is 7.44. The molecule has 0 bridgehead atoms. The van der Waals surface area contributed by atoms with Crippen LogP contribution in [0.25, 0.3) is 0 Å². The van der Waals surface area contributed by atoms with E-state index in [-0.39, 0.29) is 18.6 Å². The van der Waals surface area contributed by atoms with Gasteiger partial charge in [0.2, 0.25) is 0 Å². The third-order valence-corrected chi connectivity index (χ3v) is 4.19. The molecule has 21 heavy (non-hydrogen) atoms. The van der Waals surface area contributed by atoms with Gasteiger partial charge in [0, 0.05) is 18.3 Å². The van der Waals surface area contributed by atoms with Crippen LogP contribution in [0.2, 0.25) is 0 Å². The second-order valence-corrected chi connectivity index (χ2v) is 6.05. The fraction of sp³-hybridized carbons (Fsp3) is 0.500. The van der Waals surface area contributed by atoms with Gasteiger partial charge in [-0.25, -0.2) is 4.79 Å². The maximum atomic E-state index is 12.8. The Morgan fingerprint density at radius 3 is 2.71 bits per heavy atom. The summed E-state index contributed by atoms with van der Waals surface area (Å²) in [6.45, 7) is 2.34. The van der Waals surface area contributed by atoms with Crippen LogP contribution in [0.15, 0.2) is 24.3 Å². The second-order valence-electron chi connectivity index (χ2n) is 6.05. The molecule has 1 aliphatic heterocycles. The van der Waals surface area contributed by atoms with Gasteiger partial charge in [-0.3, -0.25) is 9.69 Å². The van der Waals surface area contributed by atoms with E-state index in [1.165, 1.54) is 4.90 Å². The molecule has 1 atom stereocenters. The lowest BCUT2D eigenvalue weighted by atomic mass is 10.1. The molecule has 5 nitrogen and oxygen atoms in total. The summed E-state index contributed by atoms with van der Waals surface area (Å²) in [6, 6.07) is 7.75. The molecule has 3 rings (SSSR count). The molecule has 0 saturated heterocycles. The molecule has 1 aromatic rings. The Kier molecular flexibility index (Phi) is 3.57. The number of nitrogens with zero attached hydrogens (tertiary/aromatic N) is 2. The molecular formula is C16H20N2O3. The summed E-state index contributed by atoms with van der Waals surface area (Å²) in [5.41, 5.74) is 2.07. The van der Waals surface area contributed by atoms with E-state index in [1.54, 1.807) is 4.90 Å². The Balaban J connectivity index is 1.82. The molecule has 0 radical (unpaired) electrons. The van der Waals surface area contributed by atoms with Crippen LogP contribution in [0.4, 0.5) is 10.5 Å². The number of carboxylic acid groups (broad SMARTS) is 1. The van der Waals surface area contributed by atoms with Gasteiger partial charge in [-0.05, 0) is 43.7 Å². The van der Waals surface area contributed by atoms with Crippen molar-refractivity contribution in [2.24, 2.45) is 5.92 Å². The first-order valence-electron chi connectivity index (χ1n) is 7.44. The minimum Gasteiger partial charge on any atom is -0.480 e. The van der Waals surface area contributed by atoms with E-state index in [0.29, 0.717) is 12.5 Å². The van der Waals surface area contributed by atoms with E-state index in [1.807, 2.05) is 31.2 Å². The number of urea groups is 1. The molecule has 1 aliphatic carbocycles. The number of anilines is 1. The Labute approximate surface area is 124 Å². The number of aliphatic carboxylic acids is 1. The molecule has 0 aromatic heterocycles. The molecule has 1 aromatic carbocycles. The summed E-state index contributed by atoms with van der Waals surface area (Å²) in [5.74, 6) is -0.481. The Hall–Kier alpha value is -2.04. The molecule has 112 valence electrons. The predicted molar refractivity (Wildman–Crippen MR) is 79.4 cm³/mol. The highest BCUT2D eigenvalue weighted by atomic mass is 16.4. The van der Waals surface area contributed by atoms with Gasteiger partial charge in [0.05, 0.1) is 0 Å². The predicted octanol–water partition coefficient (Wildman–Crippen LogP) is 2.35. The smallest absolute Gasteiger partial charge is 0.325 e. The molecule has 2 aliphatic rings. The molecule has 5 heteroatoms. The fourth-order valence-electron chi connectivity index (χ4n) is 3.00. The molecule has 1 fully saturated rings. The lowest BCUT2D eigenvalue weighted by molar-refractivity contribution is -0.137. The van der Waals surface area contributed by atoms with Crippen molar-refractivity contribution in [3.8, 4) is 0 Å². The first kappa shape index (κ1) is 13.9. The van der Waals surface area contributed by atoms with Crippen LogP contribution < -0.4 is 4.90 Å². The maximum Gasteiger partial charge on any atom is 0.325 e. The highest BCUT2D eigenvalue weighted by Gasteiger charge is 2.36. The number of hydrogen-bond donors (Lipinski definition) is 1. The third-order valence-electron chi connectivity index (χ3n) is 4.19. The van der Waals surface area contributed by atoms with Gasteiger partial charge in [-0.1, -0.05) is 18.2 Å². The van der Waals surface area contributed by atoms with Crippen LogP contribution >= 0.6 is 0 Å². The van der Waals surface area contributed by atoms with Gasteiger partial charge in [0.1, 0.15) is 6.54 Å². The molecule has 1 unspecified atom stereocenters. The first-order chi connectivity index (χ1) is 10.1. The molecule has 1 heterocycles. The number of rotatable bonds is 4. The van der Waals surface area contributed by atoms with Crippen LogP contribution in [-0.4, -0.2) is 41.1 Å². The van der Waals surface area contributed by atoms with Crippen LogP contribution in [0, 0.1) is 5.92 Å². The zero-order chi connectivity index (χ0) is 15.0. The maximum absolute atomic E-state index is 12.8. The van der Waals surface area contributed by atoms with Crippen molar-refractivity contribution >= 4 is 17.7 Å². The van der Waals surface area contributed by atoms with Gasteiger partial charge in [-0.2, -0.15) is 0 Å². The lowest BCUT2D eigenvalue weighted by Gasteiger charge is -2.30. The third kappa shape index (κ3) is 2.86. The van der Waals surface area contributed by atoms with Gasteiger partial charge >= 0.3 is 12.0 Å². The van der Waals surface area contributed by atoms with Gasteiger partial charge in [0.15, 0.2) is 0 Å². The van der Waals surface area contributed by atoms with Crippen LogP contribution in [-0.2, 0) is 11.2 Å². The zero-order valence-electron chi connectivity index (χ0n) is 12.2. The normalized spacial score (nSPS) is 20.2. The van der Waals surface area contributed by atoms with Gasteiger partial charge < -0.3 is 10.0 Å². The molecule has 2 amide bonds. The van der Waals surface area contributed by atoms with Crippen LogP contribution in [0.5, 0.6) is 0 Å². The monoisotopic (exact) mass is 288 g/mol. The molecular weight excluding hydrogens is 268 g/mol. The molecule has 0 spiro atoms. The van der Waals surface area contributed by atoms with Crippen molar-refractivity contribution in [3.05, 3.63) is 29.8 Å². The highest BCUT2D eigenvalue weighted by Crippen LogP contribution is 2.34. The fourth-order valence-corrected chi connectivity index (χ4v) is 3.00. The second kappa shape index (κ2) is 5.39. The molecule has 1 saturated carbocycles. The van der Waals surface area contributed by atoms with Crippen LogP contribution in [0.1, 0.15) is 25.3 Å². The van der Waals surface area contributed by atoms with Gasteiger partial charge in [0.25, 0.3) is 0 Å². The Morgan fingerprint density at radius 1 is 1.33 bits per heavy atom. The van der Waals surface area contributed by atoms with Gasteiger partial charge in [-0.15, -0.1) is 0 Å². The summed E-state index contributed by atoms with van der Waals surface area (Å²) in [7, 11) is 0. The van der Waals surface area contributed by atoms with Crippen LogP contribution in [0.3, 0.4) is 0 Å². The van der Waals surface area contributed by atoms with Crippen molar-refractivity contribution in [2.45, 2.75) is 32.2 Å². The number of carbonyl (C=O) groups excluding carboxylic acids is 1. The number of para-hydroxylation sites is 1. The number of carboxylic acids is 1. The van der Waals surface area contributed by atoms with Crippen molar-refractivity contribution in [2.75, 3.05) is 18.0 Å². The highest BCUT2D eigenvalue weighted by molar-refractivity contribution is 5.96. The van der Waals surface area contributed by atoms with E-state index in [0.717, 1.165) is 30.5 Å². The minimum absolute atomic E-state index is 0.0744. The number of carbonyl (C=O) groups is 2. The number of benzene rings is 1. The largest absolute Gasteiger partial charge is 0.480 e. The topological polar surface area (TPSA) is 60.9 Å². The number of amides is 2. The average molecular weight is 288 g/mol. The average Bonchev–Trinajstić information content (AvgIpc) is 3.17. The van der Waals surface area contributed by atoms with Crippen molar-refractivity contribution < 1.29 is 14.7 Å². The van der Waals surface area contributed by atoms with E-state index in [2.05, 4.69) is 0 Å². The number of hydrogen-bond acceptors (Lipinski definition) is 2. The van der Waals surface area contributed by atoms with E-state index in [9.17, 15) is 9.59 Å². The summed E-state index contributed by atoms with van der Waals surface area (Å²) in [4.78, 5) is 27.1. The molecule has 1 N–H and O–H groups in total. The summed E-state index contributed by atoms with van der Waals surface area (Å²) in [5, 5.41) is 9.06. The summed E-state index contributed by atoms with van der Waals surface area (Å²) >= 11 is 0. The Morgan fingerprint density at radius 2 is 2.05 bits per heavy atom. The quantitative estimate of drug-likeness (QED) is 0.925. The van der Waals surface area contributed by atoms with Crippen molar-refractivity contribution in [1.82, 2.24) is 4.90 Å². The van der Waals surface area contributed by atoms with E-state index >= 15 is 0 Å². The Bertz CT molecular complexity index is 568. The van der Waals surface area contributed by atoms with E-state index < -0.39 is 5.97 Å². The summed E-state index contributed by atoms with van der Waals surface area (Å²) in [6.07, 6.45) is 3.01. The SMILES string of the molecule is CC1Cc2ccccc2N1C(=O)N(CC(=O)O)CC1CC1. The van der Waals surface area contributed by atoms with Crippen molar-refractivity contribution in [1.29, 1.82) is 0 Å².